The van der Waals surface area contributed by atoms with Crippen LogP contribution in [-0.2, 0) is 14.1 Å². The fourth-order valence-corrected chi connectivity index (χ4v) is 3.46. The number of nitrogens with one attached hydrogen (secondary N) is 1. The van der Waals surface area contributed by atoms with Gasteiger partial charge in [0.15, 0.2) is 0 Å². The van der Waals surface area contributed by atoms with Crippen molar-refractivity contribution in [2.45, 2.75) is 33.3 Å². The Hall–Kier alpha value is -1.62. The molecule has 0 saturated carbocycles. The van der Waals surface area contributed by atoms with Gasteiger partial charge in [-0.1, -0.05) is 29.8 Å². The van der Waals surface area contributed by atoms with Crippen LogP contribution in [0.1, 0.15) is 27.2 Å². The van der Waals surface area contributed by atoms with Crippen LogP contribution in [0.3, 0.4) is 0 Å². The van der Waals surface area contributed by atoms with Crippen molar-refractivity contribution in [3.8, 4) is 5.75 Å². The molecule has 6 nitrogen and oxygen atoms in total. The van der Waals surface area contributed by atoms with Crippen LogP contribution < -0.4 is 9.61 Å². The Kier molecular flexibility index (Phi) is 8.76. The quantitative estimate of drug-likeness (QED) is 0.381. The molecule has 0 heterocycles. The smallest absolute Gasteiger partial charge is 0.320 e. The molecule has 0 aliphatic carbocycles. The van der Waals surface area contributed by atoms with Gasteiger partial charge in [0.05, 0.1) is 18.9 Å². The molecule has 24 heavy (non-hydrogen) atoms. The van der Waals surface area contributed by atoms with Gasteiger partial charge in [-0.25, -0.2) is 5.09 Å². The number of allylic oxidation sites excluding steroid dienone is 1. The van der Waals surface area contributed by atoms with Crippen LogP contribution in [0.2, 0.25) is 0 Å². The number of aliphatic hydroxyl groups excluding tert-OH is 1. The van der Waals surface area contributed by atoms with E-state index in [1.165, 1.54) is 0 Å². The van der Waals surface area contributed by atoms with Crippen LogP contribution in [0.5, 0.6) is 5.75 Å². The van der Waals surface area contributed by atoms with Crippen molar-refractivity contribution in [2.24, 2.45) is 0 Å². The molecule has 1 aromatic carbocycles. The van der Waals surface area contributed by atoms with Gasteiger partial charge in [0.2, 0.25) is 0 Å². The second kappa shape index (κ2) is 10.3. The zero-order chi connectivity index (χ0) is 18.0. The number of ether oxygens (including phenoxy) is 1. The first-order valence-corrected chi connectivity index (χ1v) is 9.70. The number of carbonyl (C=O) groups is 1. The highest BCUT2D eigenvalue weighted by Crippen LogP contribution is 2.43. The Morgan fingerprint density at radius 3 is 2.58 bits per heavy atom. The van der Waals surface area contributed by atoms with E-state index >= 15 is 0 Å². The summed E-state index contributed by atoms with van der Waals surface area (Å²) in [6.45, 7) is 5.06. The molecule has 2 N–H and O–H groups in total. The lowest BCUT2D eigenvalue weighted by molar-refractivity contribution is -0.145. The predicted octanol–water partition coefficient (Wildman–Crippen LogP) is 3.13. The molecule has 0 radical (unpaired) electrons. The van der Waals surface area contributed by atoms with Gasteiger partial charge >= 0.3 is 13.5 Å². The highest BCUT2D eigenvalue weighted by Gasteiger charge is 2.25. The number of rotatable bonds is 10. The summed E-state index contributed by atoms with van der Waals surface area (Å²) >= 11 is 0. The number of esters is 1. The zero-order valence-corrected chi connectivity index (χ0v) is 15.3. The Morgan fingerprint density at radius 1 is 1.33 bits per heavy atom. The van der Waals surface area contributed by atoms with Crippen molar-refractivity contribution in [3.05, 3.63) is 42.0 Å². The monoisotopic (exact) mass is 355 g/mol. The number of carbonyl (C=O) groups excluding carboxylic acids is 1. The Bertz CT molecular complexity index is 586. The van der Waals surface area contributed by atoms with Crippen LogP contribution in [0, 0.1) is 0 Å². The highest BCUT2D eigenvalue weighted by molar-refractivity contribution is 7.57. The van der Waals surface area contributed by atoms with Gasteiger partial charge < -0.3 is 14.4 Å². The summed E-state index contributed by atoms with van der Waals surface area (Å²) in [5.74, 6) is -0.0163. The molecule has 134 valence electrons. The van der Waals surface area contributed by atoms with Gasteiger partial charge in [0.1, 0.15) is 12.3 Å². The second-order valence-electron chi connectivity index (χ2n) is 5.67. The first kappa shape index (κ1) is 20.4. The Balaban J connectivity index is 2.74. The Labute approximate surface area is 143 Å². The summed E-state index contributed by atoms with van der Waals surface area (Å²) in [6, 6.07) is 8.80. The van der Waals surface area contributed by atoms with E-state index in [0.717, 1.165) is 5.57 Å². The maximum Gasteiger partial charge on any atom is 0.320 e. The van der Waals surface area contributed by atoms with Crippen molar-refractivity contribution in [1.29, 1.82) is 0 Å². The van der Waals surface area contributed by atoms with E-state index in [2.05, 4.69) is 5.09 Å². The summed E-state index contributed by atoms with van der Waals surface area (Å²) in [6.07, 6.45) is 2.23. The first-order chi connectivity index (χ1) is 11.3. The van der Waals surface area contributed by atoms with Crippen molar-refractivity contribution in [3.63, 3.8) is 0 Å². The molecule has 0 aliphatic heterocycles. The summed E-state index contributed by atoms with van der Waals surface area (Å²) in [4.78, 5) is 11.7. The van der Waals surface area contributed by atoms with E-state index in [1.54, 1.807) is 51.1 Å². The minimum Gasteiger partial charge on any atom is -0.462 e. The third kappa shape index (κ3) is 8.29. The molecule has 1 unspecified atom stereocenters. The third-order valence-corrected chi connectivity index (χ3v) is 4.99. The SMILES string of the molecule is C/C(=C\CCP(=O)(NCC(=O)OC(C)C)Oc1ccccc1)CO. The summed E-state index contributed by atoms with van der Waals surface area (Å²) in [5, 5.41) is 11.7. The molecule has 0 fully saturated rings. The molecule has 0 aliphatic rings. The standard InChI is InChI=1S/C17H26NO5P/c1-14(2)22-17(20)12-18-24(21,11-7-8-15(3)13-19)23-16-9-5-4-6-10-16/h4-6,8-10,14,19H,7,11-13H2,1-3H3,(H,18,21)/b15-8+. The van der Waals surface area contributed by atoms with Crippen LogP contribution >= 0.6 is 7.52 Å². The van der Waals surface area contributed by atoms with Crippen molar-refractivity contribution in [1.82, 2.24) is 5.09 Å². The molecule has 1 aromatic rings. The molecule has 0 spiro atoms. The number of hydrogen-bond donors (Lipinski definition) is 2. The number of hydrogen-bond acceptors (Lipinski definition) is 5. The summed E-state index contributed by atoms with van der Waals surface area (Å²) in [5.41, 5.74) is 0.792. The van der Waals surface area contributed by atoms with E-state index in [0.29, 0.717) is 12.2 Å². The average molecular weight is 355 g/mol. The minimum atomic E-state index is -3.28. The highest BCUT2D eigenvalue weighted by atomic mass is 31.2. The molecule has 1 atom stereocenters. The molecule has 1 rings (SSSR count). The largest absolute Gasteiger partial charge is 0.462 e. The van der Waals surface area contributed by atoms with Gasteiger partial charge in [0.25, 0.3) is 0 Å². The second-order valence-corrected chi connectivity index (χ2v) is 7.97. The third-order valence-electron chi connectivity index (χ3n) is 2.99. The van der Waals surface area contributed by atoms with E-state index in [-0.39, 0.29) is 25.4 Å². The van der Waals surface area contributed by atoms with E-state index < -0.39 is 13.5 Å². The molecular weight excluding hydrogens is 329 g/mol. The molecule has 0 bridgehead atoms. The zero-order valence-electron chi connectivity index (χ0n) is 14.4. The van der Waals surface area contributed by atoms with Crippen molar-refractivity contribution < 1.29 is 23.7 Å². The van der Waals surface area contributed by atoms with Gasteiger partial charge in [-0.3, -0.25) is 9.36 Å². The Morgan fingerprint density at radius 2 is 2.00 bits per heavy atom. The average Bonchev–Trinajstić information content (AvgIpc) is 2.53. The first-order valence-electron chi connectivity index (χ1n) is 7.89. The van der Waals surface area contributed by atoms with Gasteiger partial charge in [0, 0.05) is 0 Å². The molecule has 0 aromatic heterocycles. The van der Waals surface area contributed by atoms with Crippen molar-refractivity contribution >= 4 is 13.5 Å². The van der Waals surface area contributed by atoms with Gasteiger partial charge in [-0.15, -0.1) is 0 Å². The van der Waals surface area contributed by atoms with Crippen LogP contribution in [0.25, 0.3) is 0 Å². The normalized spacial score (nSPS) is 14.3. The van der Waals surface area contributed by atoms with Crippen LogP contribution in [0.4, 0.5) is 0 Å². The fraction of sp³-hybridized carbons (Fsp3) is 0.471. The maximum atomic E-state index is 13.0. The molecule has 0 saturated heterocycles. The fourth-order valence-electron chi connectivity index (χ4n) is 1.84. The molecular formula is C17H26NO5P. The summed E-state index contributed by atoms with van der Waals surface area (Å²) in [7, 11) is -3.28. The summed E-state index contributed by atoms with van der Waals surface area (Å²) < 4.78 is 23.7. The lowest BCUT2D eigenvalue weighted by Gasteiger charge is -2.20. The number of para-hydroxylation sites is 1. The number of benzene rings is 1. The lowest BCUT2D eigenvalue weighted by Crippen LogP contribution is -2.27. The maximum absolute atomic E-state index is 13.0. The molecule has 0 amide bonds. The van der Waals surface area contributed by atoms with Crippen LogP contribution in [-0.4, -0.2) is 36.5 Å². The van der Waals surface area contributed by atoms with E-state index in [4.69, 9.17) is 14.4 Å². The lowest BCUT2D eigenvalue weighted by atomic mass is 10.3. The van der Waals surface area contributed by atoms with Gasteiger partial charge in [-0.05, 0) is 39.3 Å². The van der Waals surface area contributed by atoms with Gasteiger partial charge in [-0.2, -0.15) is 0 Å². The predicted molar refractivity (Wildman–Crippen MR) is 94.2 cm³/mol. The minimum absolute atomic E-state index is 0.0437. The van der Waals surface area contributed by atoms with Crippen molar-refractivity contribution in [2.75, 3.05) is 19.3 Å². The van der Waals surface area contributed by atoms with Crippen LogP contribution in [0.15, 0.2) is 42.0 Å². The molecule has 7 heteroatoms. The topological polar surface area (TPSA) is 84.9 Å². The van der Waals surface area contributed by atoms with E-state index in [1.807, 2.05) is 6.07 Å². The number of aliphatic hydroxyl groups is 1. The van der Waals surface area contributed by atoms with E-state index in [9.17, 15) is 9.36 Å².